The Bertz CT molecular complexity index is 1110. The summed E-state index contributed by atoms with van der Waals surface area (Å²) in [6.07, 6.45) is 0.300. The number of aromatic nitrogens is 4. The lowest BCUT2D eigenvalue weighted by Gasteiger charge is -2.25. The number of methoxy groups -OCH3 is 2. The maximum absolute atomic E-state index is 12.6. The van der Waals surface area contributed by atoms with Crippen molar-refractivity contribution in [2.24, 2.45) is 0 Å². The summed E-state index contributed by atoms with van der Waals surface area (Å²) in [6, 6.07) is 9.22. The molecular formula is C22H25N5O4. The van der Waals surface area contributed by atoms with E-state index in [1.54, 1.807) is 23.9 Å². The Morgan fingerprint density at radius 3 is 2.55 bits per heavy atom. The summed E-state index contributed by atoms with van der Waals surface area (Å²) in [4.78, 5) is 12.6. The Hall–Kier alpha value is -3.62. The molecule has 1 aliphatic rings. The largest absolute Gasteiger partial charge is 0.493 e. The molecule has 0 saturated carbocycles. The molecule has 3 aromatic rings. The number of carbonyl (C=O) groups excluding carboxylic acids is 1. The van der Waals surface area contributed by atoms with E-state index in [0.717, 1.165) is 16.8 Å². The summed E-state index contributed by atoms with van der Waals surface area (Å²) in [5.41, 5.74) is 2.70. The van der Waals surface area contributed by atoms with Gasteiger partial charge in [-0.05, 0) is 44.5 Å². The van der Waals surface area contributed by atoms with Crippen molar-refractivity contribution < 1.29 is 19.0 Å². The molecule has 9 heteroatoms. The predicted molar refractivity (Wildman–Crippen MR) is 114 cm³/mol. The lowest BCUT2D eigenvalue weighted by atomic mass is 9.85. The molecule has 0 saturated heterocycles. The number of aryl methyl sites for hydroxylation is 1. The normalized spacial score (nSPS) is 15.4. The molecule has 1 atom stereocenters. The number of amides is 1. The van der Waals surface area contributed by atoms with Gasteiger partial charge in [0.1, 0.15) is 5.82 Å². The van der Waals surface area contributed by atoms with Crippen molar-refractivity contribution in [3.8, 4) is 23.2 Å². The van der Waals surface area contributed by atoms with Crippen LogP contribution < -0.4 is 19.5 Å². The topological polar surface area (TPSA) is 100 Å². The average Bonchev–Trinajstić information content (AvgIpc) is 3.09. The lowest BCUT2D eigenvalue weighted by Crippen LogP contribution is -2.25. The number of carbonyl (C=O) groups is 1. The number of benzene rings is 1. The molecule has 0 spiro atoms. The number of anilines is 1. The molecule has 3 heterocycles. The fraction of sp³-hybridized carbons (Fsp3) is 0.364. The Labute approximate surface area is 180 Å². The van der Waals surface area contributed by atoms with Gasteiger partial charge in [-0.15, -0.1) is 10.2 Å². The van der Waals surface area contributed by atoms with Gasteiger partial charge in [0.25, 0.3) is 0 Å². The second-order valence-corrected chi connectivity index (χ2v) is 7.58. The second-order valence-electron chi connectivity index (χ2n) is 7.58. The van der Waals surface area contributed by atoms with Crippen molar-refractivity contribution in [1.29, 1.82) is 0 Å². The van der Waals surface area contributed by atoms with Crippen molar-refractivity contribution in [1.82, 2.24) is 20.0 Å². The number of fused-ring (bicyclic) bond motifs is 1. The van der Waals surface area contributed by atoms with Crippen LogP contribution in [-0.4, -0.2) is 46.2 Å². The van der Waals surface area contributed by atoms with E-state index in [2.05, 4.69) is 20.6 Å². The van der Waals surface area contributed by atoms with Crippen LogP contribution >= 0.6 is 0 Å². The van der Waals surface area contributed by atoms with Crippen LogP contribution in [-0.2, 0) is 4.79 Å². The van der Waals surface area contributed by atoms with Crippen LogP contribution in [0.5, 0.6) is 17.4 Å². The van der Waals surface area contributed by atoms with Crippen molar-refractivity contribution in [3.63, 3.8) is 0 Å². The van der Waals surface area contributed by atoms with Gasteiger partial charge < -0.3 is 19.5 Å². The molecule has 0 aliphatic carbocycles. The van der Waals surface area contributed by atoms with Crippen LogP contribution in [0.1, 0.15) is 43.0 Å². The minimum atomic E-state index is -0.177. The highest BCUT2D eigenvalue weighted by molar-refractivity contribution is 5.95. The zero-order valence-corrected chi connectivity index (χ0v) is 18.2. The summed E-state index contributed by atoms with van der Waals surface area (Å²) in [7, 11) is 3.14. The van der Waals surface area contributed by atoms with E-state index in [-0.39, 0.29) is 17.9 Å². The second kappa shape index (κ2) is 8.25. The fourth-order valence-electron chi connectivity index (χ4n) is 3.79. The van der Waals surface area contributed by atoms with Crippen LogP contribution in [0.4, 0.5) is 5.82 Å². The molecule has 9 nitrogen and oxygen atoms in total. The van der Waals surface area contributed by atoms with E-state index in [4.69, 9.17) is 14.2 Å². The van der Waals surface area contributed by atoms with Crippen molar-refractivity contribution in [2.45, 2.75) is 39.2 Å². The highest BCUT2D eigenvalue weighted by atomic mass is 16.5. The van der Waals surface area contributed by atoms with Crippen LogP contribution in [0.15, 0.2) is 30.3 Å². The number of nitrogens with zero attached hydrogens (tertiary/aromatic N) is 4. The van der Waals surface area contributed by atoms with Gasteiger partial charge in [0, 0.05) is 24.0 Å². The number of hydrogen-bond acceptors (Lipinski definition) is 7. The summed E-state index contributed by atoms with van der Waals surface area (Å²) >= 11 is 0. The van der Waals surface area contributed by atoms with Crippen molar-refractivity contribution in [2.75, 3.05) is 19.5 Å². The summed E-state index contributed by atoms with van der Waals surface area (Å²) in [5.74, 6) is 2.52. The third kappa shape index (κ3) is 3.90. The first-order valence-corrected chi connectivity index (χ1v) is 10.0. The maximum Gasteiger partial charge on any atom is 0.233 e. The van der Waals surface area contributed by atoms with Gasteiger partial charge in [-0.3, -0.25) is 4.79 Å². The van der Waals surface area contributed by atoms with Gasteiger partial charge in [0.2, 0.25) is 11.8 Å². The van der Waals surface area contributed by atoms with Gasteiger partial charge >= 0.3 is 0 Å². The Morgan fingerprint density at radius 1 is 1.10 bits per heavy atom. The van der Waals surface area contributed by atoms with Crippen molar-refractivity contribution >= 4 is 11.7 Å². The Kier molecular flexibility index (Phi) is 5.50. The minimum absolute atomic E-state index is 0.00695. The predicted octanol–water partition coefficient (Wildman–Crippen LogP) is 3.25. The highest BCUT2D eigenvalue weighted by Crippen LogP contribution is 2.42. The van der Waals surface area contributed by atoms with E-state index >= 15 is 0 Å². The summed E-state index contributed by atoms with van der Waals surface area (Å²) in [6.45, 7) is 5.84. The van der Waals surface area contributed by atoms with Gasteiger partial charge in [-0.25, -0.2) is 0 Å². The van der Waals surface area contributed by atoms with Gasteiger partial charge in [-0.1, -0.05) is 6.07 Å². The van der Waals surface area contributed by atoms with E-state index in [1.165, 1.54) is 7.11 Å². The van der Waals surface area contributed by atoms with Gasteiger partial charge in [0.15, 0.2) is 17.3 Å². The van der Waals surface area contributed by atoms with E-state index in [1.807, 2.05) is 39.0 Å². The van der Waals surface area contributed by atoms with Crippen LogP contribution in [0.3, 0.4) is 0 Å². The summed E-state index contributed by atoms with van der Waals surface area (Å²) in [5, 5.41) is 15.8. The van der Waals surface area contributed by atoms with Gasteiger partial charge in [-0.2, -0.15) is 9.78 Å². The molecule has 0 fully saturated rings. The molecule has 1 unspecified atom stereocenters. The van der Waals surface area contributed by atoms with Crippen molar-refractivity contribution in [3.05, 3.63) is 47.2 Å². The SMILES string of the molecule is COc1ccc(-n2nc(C)c3c2NC(=O)CC3c2ccc(OC)c(OC(C)C)c2)nn1. The number of nitrogens with one attached hydrogen (secondary N) is 1. The Morgan fingerprint density at radius 2 is 1.90 bits per heavy atom. The van der Waals surface area contributed by atoms with Gasteiger partial charge in [0.05, 0.1) is 26.0 Å². The smallest absolute Gasteiger partial charge is 0.233 e. The number of hydrogen-bond donors (Lipinski definition) is 1. The van der Waals surface area contributed by atoms with E-state index in [0.29, 0.717) is 35.4 Å². The number of ether oxygens (including phenoxy) is 3. The first-order chi connectivity index (χ1) is 14.9. The zero-order valence-electron chi connectivity index (χ0n) is 18.2. The average molecular weight is 423 g/mol. The monoisotopic (exact) mass is 423 g/mol. The quantitative estimate of drug-likeness (QED) is 0.649. The third-order valence-electron chi connectivity index (χ3n) is 5.11. The van der Waals surface area contributed by atoms with Crippen LogP contribution in [0, 0.1) is 6.92 Å². The molecule has 0 radical (unpaired) electrons. The molecule has 1 aliphatic heterocycles. The number of rotatable bonds is 6. The van der Waals surface area contributed by atoms with E-state index in [9.17, 15) is 4.79 Å². The van der Waals surface area contributed by atoms with Crippen LogP contribution in [0.25, 0.3) is 5.82 Å². The molecule has 4 rings (SSSR count). The first kappa shape index (κ1) is 20.6. The first-order valence-electron chi connectivity index (χ1n) is 10.0. The molecule has 1 amide bonds. The molecule has 1 N–H and O–H groups in total. The highest BCUT2D eigenvalue weighted by Gasteiger charge is 2.33. The molecule has 31 heavy (non-hydrogen) atoms. The molecule has 0 bridgehead atoms. The third-order valence-corrected chi connectivity index (χ3v) is 5.11. The summed E-state index contributed by atoms with van der Waals surface area (Å²) < 4.78 is 18.1. The standard InChI is InChI=1S/C22H25N5O4/c1-12(2)31-17-10-14(6-7-16(17)29-4)15-11-19(28)23-22-21(15)13(3)26-27(22)18-8-9-20(30-5)25-24-18/h6-10,12,15H,11H2,1-5H3,(H,23,28). The zero-order chi connectivity index (χ0) is 22.1. The molecule has 1 aromatic carbocycles. The maximum atomic E-state index is 12.6. The minimum Gasteiger partial charge on any atom is -0.493 e. The Balaban J connectivity index is 1.79. The lowest BCUT2D eigenvalue weighted by molar-refractivity contribution is -0.116. The molecule has 162 valence electrons. The molecular weight excluding hydrogens is 398 g/mol. The fourth-order valence-corrected chi connectivity index (χ4v) is 3.79. The molecule has 2 aromatic heterocycles. The van der Waals surface area contributed by atoms with E-state index < -0.39 is 0 Å². The van der Waals surface area contributed by atoms with Crippen LogP contribution in [0.2, 0.25) is 0 Å².